The van der Waals surface area contributed by atoms with Crippen molar-refractivity contribution in [2.45, 2.75) is 5.41 Å². The molecule has 0 bridgehead atoms. The second-order valence-electron chi connectivity index (χ2n) is 17.2. The lowest BCUT2D eigenvalue weighted by Crippen LogP contribution is -2.28. The van der Waals surface area contributed by atoms with Crippen LogP contribution in [0.1, 0.15) is 22.3 Å². The third-order valence-electron chi connectivity index (χ3n) is 13.5. The van der Waals surface area contributed by atoms with Crippen LogP contribution in [0.4, 0.5) is 17.1 Å². The lowest BCUT2D eigenvalue weighted by molar-refractivity contribution is 0.769. The number of fused-ring (bicyclic) bond motifs is 4. The molecule has 66 heavy (non-hydrogen) atoms. The molecule has 0 aromatic heterocycles. The Bertz CT molecular complexity index is 3470. The Morgan fingerprint density at radius 3 is 1.39 bits per heavy atom. The van der Waals surface area contributed by atoms with Crippen LogP contribution in [0.2, 0.25) is 0 Å². The molecule has 0 saturated heterocycles. The fourth-order valence-corrected chi connectivity index (χ4v) is 10.6. The summed E-state index contributed by atoms with van der Waals surface area (Å²) in [7, 11) is 0. The molecule has 0 saturated carbocycles. The molecule has 1 nitrogen and oxygen atoms in total. The lowest BCUT2D eigenvalue weighted by atomic mass is 9.67. The molecule has 1 aliphatic carbocycles. The maximum absolute atomic E-state index is 2.45. The molecule has 0 atom stereocenters. The van der Waals surface area contributed by atoms with Gasteiger partial charge < -0.3 is 4.90 Å². The monoisotopic (exact) mass is 839 g/mol. The SMILES string of the molecule is c1ccc(-c2ccccc2-c2cccc(N(c3ccc(-c4ccc5c(c4)C(c4ccccc4)(c4ccccc4)c4ccccc4-5)cc3)c3cccc(-c4cccc5ccccc45)c3)c2)cc1. The van der Waals surface area contributed by atoms with Crippen LogP contribution in [-0.2, 0) is 5.41 Å². The minimum atomic E-state index is -0.458. The van der Waals surface area contributed by atoms with Gasteiger partial charge in [0.05, 0.1) is 5.41 Å². The fraction of sp³-hybridized carbons (Fsp3) is 0.0154. The quantitative estimate of drug-likeness (QED) is 0.140. The van der Waals surface area contributed by atoms with E-state index in [9.17, 15) is 0 Å². The van der Waals surface area contributed by atoms with Crippen LogP contribution in [0.5, 0.6) is 0 Å². The van der Waals surface area contributed by atoms with Crippen LogP contribution in [0.15, 0.2) is 273 Å². The van der Waals surface area contributed by atoms with Gasteiger partial charge in [0.15, 0.2) is 0 Å². The zero-order valence-corrected chi connectivity index (χ0v) is 36.4. The largest absolute Gasteiger partial charge is 0.310 e. The average molecular weight is 840 g/mol. The molecule has 0 radical (unpaired) electrons. The van der Waals surface area contributed by atoms with E-state index < -0.39 is 5.41 Å². The fourth-order valence-electron chi connectivity index (χ4n) is 10.6. The van der Waals surface area contributed by atoms with Crippen LogP contribution in [0.25, 0.3) is 66.4 Å². The summed E-state index contributed by atoms with van der Waals surface area (Å²) in [5.74, 6) is 0. The summed E-state index contributed by atoms with van der Waals surface area (Å²) in [5.41, 5.74) is 20.1. The molecule has 12 rings (SSSR count). The summed E-state index contributed by atoms with van der Waals surface area (Å²) in [6, 6.07) is 100.0. The van der Waals surface area contributed by atoms with Gasteiger partial charge in [-0.05, 0) is 131 Å². The third kappa shape index (κ3) is 6.64. The maximum atomic E-state index is 2.45. The van der Waals surface area contributed by atoms with E-state index in [-0.39, 0.29) is 0 Å². The van der Waals surface area contributed by atoms with Crippen molar-refractivity contribution in [3.8, 4) is 55.6 Å². The van der Waals surface area contributed by atoms with Gasteiger partial charge in [-0.3, -0.25) is 0 Å². The van der Waals surface area contributed by atoms with E-state index in [0.717, 1.165) is 17.1 Å². The van der Waals surface area contributed by atoms with Gasteiger partial charge in [0, 0.05) is 17.1 Å². The predicted octanol–water partition coefficient (Wildman–Crippen LogP) is 17.3. The van der Waals surface area contributed by atoms with E-state index in [1.807, 2.05) is 0 Å². The van der Waals surface area contributed by atoms with Gasteiger partial charge in [0.1, 0.15) is 0 Å². The maximum Gasteiger partial charge on any atom is 0.0713 e. The van der Waals surface area contributed by atoms with Crippen molar-refractivity contribution in [3.63, 3.8) is 0 Å². The van der Waals surface area contributed by atoms with E-state index in [0.29, 0.717) is 0 Å². The Morgan fingerprint density at radius 1 is 0.242 bits per heavy atom. The summed E-state index contributed by atoms with van der Waals surface area (Å²) in [6.45, 7) is 0. The van der Waals surface area contributed by atoms with E-state index in [1.165, 1.54) is 88.7 Å². The Kier molecular flexibility index (Phi) is 9.81. The zero-order valence-electron chi connectivity index (χ0n) is 36.4. The number of anilines is 3. The highest BCUT2D eigenvalue weighted by Crippen LogP contribution is 2.56. The van der Waals surface area contributed by atoms with E-state index in [1.54, 1.807) is 0 Å². The summed E-state index contributed by atoms with van der Waals surface area (Å²) >= 11 is 0. The second-order valence-corrected chi connectivity index (χ2v) is 17.2. The van der Waals surface area contributed by atoms with Gasteiger partial charge in [-0.15, -0.1) is 0 Å². The molecule has 0 amide bonds. The molecule has 11 aromatic carbocycles. The number of hydrogen-bond acceptors (Lipinski definition) is 1. The van der Waals surface area contributed by atoms with Crippen molar-refractivity contribution < 1.29 is 0 Å². The first kappa shape index (κ1) is 39.1. The van der Waals surface area contributed by atoms with Crippen LogP contribution < -0.4 is 4.90 Å². The molecule has 1 heteroatoms. The first-order valence-electron chi connectivity index (χ1n) is 22.8. The molecule has 0 fully saturated rings. The van der Waals surface area contributed by atoms with Crippen molar-refractivity contribution in [1.82, 2.24) is 0 Å². The molecule has 0 heterocycles. The van der Waals surface area contributed by atoms with Crippen LogP contribution in [0, 0.1) is 0 Å². The molecule has 0 unspecified atom stereocenters. The zero-order chi connectivity index (χ0) is 43.9. The molecule has 0 aliphatic heterocycles. The highest BCUT2D eigenvalue weighted by Gasteiger charge is 2.46. The van der Waals surface area contributed by atoms with Gasteiger partial charge in [0.25, 0.3) is 0 Å². The number of benzene rings is 11. The highest BCUT2D eigenvalue weighted by molar-refractivity contribution is 5.98. The van der Waals surface area contributed by atoms with E-state index in [2.05, 4.69) is 278 Å². The molecular weight excluding hydrogens is 795 g/mol. The smallest absolute Gasteiger partial charge is 0.0713 e. The van der Waals surface area contributed by atoms with Crippen molar-refractivity contribution >= 4 is 27.8 Å². The highest BCUT2D eigenvalue weighted by atomic mass is 15.1. The second kappa shape index (κ2) is 16.6. The molecule has 1 aliphatic rings. The Balaban J connectivity index is 0.996. The topological polar surface area (TPSA) is 3.24 Å². The standard InChI is InChI=1S/C65H45N/c1-4-19-47(20-5-1)57-32-12-13-33-59(57)50-23-16-29-55(43-50)66(56-30-17-24-51(44-56)60-35-18-22-48-21-10-11-31-58(48)60)54-40-37-46(38-41-54)49-39-42-62-61-34-14-15-36-63(61)65(64(62)45-49,52-25-6-2-7-26-52)53-27-8-3-9-28-53/h1-45H. The number of nitrogens with zero attached hydrogens (tertiary/aromatic N) is 1. The lowest BCUT2D eigenvalue weighted by Gasteiger charge is -2.34. The Hall–Kier alpha value is -8.52. The van der Waals surface area contributed by atoms with Crippen molar-refractivity contribution in [3.05, 3.63) is 295 Å². The first-order valence-corrected chi connectivity index (χ1v) is 22.8. The van der Waals surface area contributed by atoms with Crippen molar-refractivity contribution in [2.24, 2.45) is 0 Å². The molecule has 310 valence electrons. The predicted molar refractivity (Wildman–Crippen MR) is 278 cm³/mol. The molecule has 0 spiro atoms. The summed E-state index contributed by atoms with van der Waals surface area (Å²) in [4.78, 5) is 2.40. The molecular formula is C65H45N. The van der Waals surface area contributed by atoms with Gasteiger partial charge in [-0.2, -0.15) is 0 Å². The Morgan fingerprint density at radius 2 is 0.712 bits per heavy atom. The Labute approximate surface area is 387 Å². The summed E-state index contributed by atoms with van der Waals surface area (Å²) < 4.78 is 0. The summed E-state index contributed by atoms with van der Waals surface area (Å²) in [6.07, 6.45) is 0. The summed E-state index contributed by atoms with van der Waals surface area (Å²) in [5, 5.41) is 2.48. The third-order valence-corrected chi connectivity index (χ3v) is 13.5. The number of rotatable bonds is 9. The van der Waals surface area contributed by atoms with Crippen molar-refractivity contribution in [2.75, 3.05) is 4.90 Å². The minimum absolute atomic E-state index is 0.458. The van der Waals surface area contributed by atoms with Crippen molar-refractivity contribution in [1.29, 1.82) is 0 Å². The van der Waals surface area contributed by atoms with E-state index in [4.69, 9.17) is 0 Å². The van der Waals surface area contributed by atoms with Gasteiger partial charge >= 0.3 is 0 Å². The van der Waals surface area contributed by atoms with Crippen LogP contribution in [0.3, 0.4) is 0 Å². The van der Waals surface area contributed by atoms with Crippen LogP contribution >= 0.6 is 0 Å². The number of hydrogen-bond donors (Lipinski definition) is 0. The first-order chi connectivity index (χ1) is 32.7. The normalized spacial score (nSPS) is 12.4. The minimum Gasteiger partial charge on any atom is -0.310 e. The molecule has 0 N–H and O–H groups in total. The van der Waals surface area contributed by atoms with Gasteiger partial charge in [-0.1, -0.05) is 231 Å². The average Bonchev–Trinajstić information content (AvgIpc) is 3.70. The van der Waals surface area contributed by atoms with Crippen LogP contribution in [-0.4, -0.2) is 0 Å². The molecule has 11 aromatic rings. The van der Waals surface area contributed by atoms with Gasteiger partial charge in [-0.25, -0.2) is 0 Å². The van der Waals surface area contributed by atoms with E-state index >= 15 is 0 Å². The van der Waals surface area contributed by atoms with Gasteiger partial charge in [0.2, 0.25) is 0 Å².